The molecule has 134 valence electrons. The molecule has 25 heavy (non-hydrogen) atoms. The van der Waals surface area contributed by atoms with Crippen molar-refractivity contribution < 1.29 is 18.4 Å². The second-order valence-corrected chi connectivity index (χ2v) is 9.45. The predicted octanol–water partition coefficient (Wildman–Crippen LogP) is 5.92. The standard InChI is InChI=1S/C19H23O4PS/c1-3-22-24(21,23-4-2)25-19(17-13-9-6-10-14-17)15-18(20)16-11-7-5-8-12-16/h5-14,19H,3-4,15H2,1-2H3. The summed E-state index contributed by atoms with van der Waals surface area (Å²) in [6.45, 7) is 0.809. The van der Waals surface area contributed by atoms with Crippen molar-refractivity contribution in [2.45, 2.75) is 25.5 Å². The van der Waals surface area contributed by atoms with Gasteiger partial charge in [0.2, 0.25) is 0 Å². The highest BCUT2D eigenvalue weighted by atomic mass is 32.7. The van der Waals surface area contributed by atoms with E-state index in [1.165, 1.54) is 0 Å². The normalized spacial score (nSPS) is 12.7. The Morgan fingerprint density at radius 1 is 0.960 bits per heavy atom. The van der Waals surface area contributed by atoms with Crippen LogP contribution in [0.15, 0.2) is 60.7 Å². The molecule has 4 nitrogen and oxygen atoms in total. The van der Waals surface area contributed by atoms with E-state index in [0.29, 0.717) is 18.8 Å². The summed E-state index contributed by atoms with van der Waals surface area (Å²) >= 11 is 1.11. The smallest absolute Gasteiger partial charge is 0.301 e. The Morgan fingerprint density at radius 3 is 2.00 bits per heavy atom. The molecule has 0 aliphatic rings. The number of hydrogen-bond donors (Lipinski definition) is 0. The summed E-state index contributed by atoms with van der Waals surface area (Å²) in [4.78, 5) is 12.6. The maximum absolute atomic E-state index is 12.9. The van der Waals surface area contributed by atoms with Gasteiger partial charge in [0, 0.05) is 17.2 Å². The Labute approximate surface area is 153 Å². The third-order valence-corrected chi connectivity index (χ3v) is 7.74. The number of benzene rings is 2. The van der Waals surface area contributed by atoms with Crippen LogP contribution in [0.5, 0.6) is 0 Å². The summed E-state index contributed by atoms with van der Waals surface area (Å²) in [5, 5.41) is -0.308. The van der Waals surface area contributed by atoms with E-state index >= 15 is 0 Å². The van der Waals surface area contributed by atoms with Crippen molar-refractivity contribution in [3.05, 3.63) is 71.8 Å². The number of ketones is 1. The van der Waals surface area contributed by atoms with Crippen molar-refractivity contribution in [2.24, 2.45) is 0 Å². The maximum Gasteiger partial charge on any atom is 0.389 e. The fourth-order valence-corrected chi connectivity index (χ4v) is 6.53. The topological polar surface area (TPSA) is 52.6 Å². The molecule has 0 amide bonds. The Morgan fingerprint density at radius 2 is 1.48 bits per heavy atom. The van der Waals surface area contributed by atoms with Crippen molar-refractivity contribution >= 4 is 24.0 Å². The van der Waals surface area contributed by atoms with Crippen LogP contribution in [0.4, 0.5) is 0 Å². The highest BCUT2D eigenvalue weighted by molar-refractivity contribution is 8.55. The van der Waals surface area contributed by atoms with Crippen molar-refractivity contribution in [1.82, 2.24) is 0 Å². The summed E-state index contributed by atoms with van der Waals surface area (Å²) < 4.78 is 23.7. The van der Waals surface area contributed by atoms with Gasteiger partial charge in [-0.15, -0.1) is 0 Å². The van der Waals surface area contributed by atoms with Crippen LogP contribution in [-0.2, 0) is 13.6 Å². The van der Waals surface area contributed by atoms with Gasteiger partial charge >= 0.3 is 6.80 Å². The van der Waals surface area contributed by atoms with Crippen LogP contribution < -0.4 is 0 Å². The first kappa shape index (κ1) is 19.9. The van der Waals surface area contributed by atoms with Crippen LogP contribution in [0.2, 0.25) is 0 Å². The average molecular weight is 378 g/mol. The molecule has 0 aliphatic carbocycles. The minimum absolute atomic E-state index is 0.00139. The van der Waals surface area contributed by atoms with Gasteiger partial charge in [0.15, 0.2) is 5.78 Å². The molecule has 0 heterocycles. The van der Waals surface area contributed by atoms with E-state index in [9.17, 15) is 9.36 Å². The van der Waals surface area contributed by atoms with Gasteiger partial charge in [-0.05, 0) is 30.8 Å². The fourth-order valence-electron chi connectivity index (χ4n) is 2.36. The minimum atomic E-state index is -3.32. The zero-order valence-electron chi connectivity index (χ0n) is 14.5. The van der Waals surface area contributed by atoms with Crippen molar-refractivity contribution in [1.29, 1.82) is 0 Å². The average Bonchev–Trinajstić information content (AvgIpc) is 2.63. The van der Waals surface area contributed by atoms with Crippen LogP contribution in [0.1, 0.15) is 41.4 Å². The highest BCUT2D eigenvalue weighted by Gasteiger charge is 2.32. The van der Waals surface area contributed by atoms with Crippen LogP contribution in [0.3, 0.4) is 0 Å². The van der Waals surface area contributed by atoms with E-state index in [2.05, 4.69) is 0 Å². The molecule has 0 saturated carbocycles. The minimum Gasteiger partial charge on any atom is -0.301 e. The first-order valence-electron chi connectivity index (χ1n) is 8.28. The number of Topliss-reactive ketones (excluding diaryl/α,β-unsaturated/α-hetero) is 1. The molecule has 0 saturated heterocycles. The van der Waals surface area contributed by atoms with Gasteiger partial charge < -0.3 is 9.05 Å². The largest absolute Gasteiger partial charge is 0.389 e. The van der Waals surface area contributed by atoms with Gasteiger partial charge in [-0.25, -0.2) is 4.57 Å². The molecule has 0 radical (unpaired) electrons. The maximum atomic E-state index is 12.9. The van der Waals surface area contributed by atoms with Crippen LogP contribution in [0.25, 0.3) is 0 Å². The SMILES string of the molecule is CCOP(=O)(OCC)SC(CC(=O)c1ccccc1)c1ccccc1. The molecule has 0 N–H and O–H groups in total. The van der Waals surface area contributed by atoms with Crippen molar-refractivity contribution in [2.75, 3.05) is 13.2 Å². The summed E-state index contributed by atoms with van der Waals surface area (Å²) in [6, 6.07) is 18.7. The summed E-state index contributed by atoms with van der Waals surface area (Å²) in [5.41, 5.74) is 1.57. The molecule has 2 rings (SSSR count). The molecular formula is C19H23O4PS. The highest BCUT2D eigenvalue weighted by Crippen LogP contribution is 2.66. The van der Waals surface area contributed by atoms with Crippen LogP contribution in [0, 0.1) is 0 Å². The number of carbonyl (C=O) groups is 1. The summed E-state index contributed by atoms with van der Waals surface area (Å²) in [5.74, 6) is 0.00139. The van der Waals surface area contributed by atoms with E-state index in [4.69, 9.17) is 9.05 Å². The molecule has 2 aromatic carbocycles. The Bertz CT molecular complexity index is 696. The molecule has 0 aromatic heterocycles. The molecular weight excluding hydrogens is 355 g/mol. The quantitative estimate of drug-likeness (QED) is 0.380. The van der Waals surface area contributed by atoms with Crippen molar-refractivity contribution in [3.63, 3.8) is 0 Å². The fraction of sp³-hybridized carbons (Fsp3) is 0.316. The lowest BCUT2D eigenvalue weighted by Gasteiger charge is -2.22. The first-order chi connectivity index (χ1) is 12.1. The molecule has 0 fully saturated rings. The van der Waals surface area contributed by atoms with E-state index in [0.717, 1.165) is 16.9 Å². The lowest BCUT2D eigenvalue weighted by Crippen LogP contribution is -2.06. The van der Waals surface area contributed by atoms with Gasteiger partial charge in [0.05, 0.1) is 13.2 Å². The van der Waals surface area contributed by atoms with Crippen molar-refractivity contribution in [3.8, 4) is 0 Å². The van der Waals surface area contributed by atoms with Crippen LogP contribution >= 0.6 is 18.2 Å². The molecule has 0 bridgehead atoms. The van der Waals surface area contributed by atoms with E-state index < -0.39 is 6.80 Å². The van der Waals surface area contributed by atoms with Gasteiger partial charge in [-0.3, -0.25) is 4.79 Å². The summed E-state index contributed by atoms with van der Waals surface area (Å²) in [7, 11) is 0. The first-order valence-corrected chi connectivity index (χ1v) is 11.3. The second kappa shape index (κ2) is 9.93. The van der Waals surface area contributed by atoms with Gasteiger partial charge in [-0.2, -0.15) is 0 Å². The van der Waals surface area contributed by atoms with E-state index in [-0.39, 0.29) is 17.5 Å². The third-order valence-electron chi connectivity index (χ3n) is 3.47. The Kier molecular flexibility index (Phi) is 7.91. The Hall–Kier alpha value is -1.39. The molecule has 6 heteroatoms. The zero-order chi connectivity index (χ0) is 18.1. The summed E-state index contributed by atoms with van der Waals surface area (Å²) in [6.07, 6.45) is 0.225. The van der Waals surface area contributed by atoms with Gasteiger partial charge in [0.1, 0.15) is 0 Å². The molecule has 1 unspecified atom stereocenters. The Balaban J connectivity index is 2.24. The zero-order valence-corrected chi connectivity index (χ0v) is 16.2. The lowest BCUT2D eigenvalue weighted by atomic mass is 10.0. The number of carbonyl (C=O) groups excluding carboxylic acids is 1. The predicted molar refractivity (Wildman–Crippen MR) is 103 cm³/mol. The lowest BCUT2D eigenvalue weighted by molar-refractivity contribution is 0.0982. The molecule has 0 spiro atoms. The monoisotopic (exact) mass is 378 g/mol. The van der Waals surface area contributed by atoms with Crippen LogP contribution in [-0.4, -0.2) is 19.0 Å². The number of rotatable bonds is 10. The van der Waals surface area contributed by atoms with E-state index in [1.54, 1.807) is 26.0 Å². The van der Waals surface area contributed by atoms with Gasteiger partial charge in [0.25, 0.3) is 0 Å². The van der Waals surface area contributed by atoms with E-state index in [1.807, 2.05) is 48.5 Å². The molecule has 0 aliphatic heterocycles. The molecule has 2 aromatic rings. The third kappa shape index (κ3) is 6.12. The number of hydrogen-bond acceptors (Lipinski definition) is 5. The van der Waals surface area contributed by atoms with Gasteiger partial charge in [-0.1, -0.05) is 60.7 Å². The molecule has 1 atom stereocenters. The second-order valence-electron chi connectivity index (χ2n) is 5.28.